The molecular formula is C12H19N3O2S. The Morgan fingerprint density at radius 2 is 2.39 bits per heavy atom. The number of hydrogen-bond acceptors (Lipinski definition) is 6. The Morgan fingerprint density at radius 3 is 3.17 bits per heavy atom. The number of aromatic nitrogens is 2. The third kappa shape index (κ3) is 3.24. The van der Waals surface area contributed by atoms with Gasteiger partial charge in [-0.2, -0.15) is 16.7 Å². The molecule has 2 fully saturated rings. The van der Waals surface area contributed by atoms with E-state index in [0.717, 1.165) is 56.5 Å². The van der Waals surface area contributed by atoms with Crippen molar-refractivity contribution >= 4 is 11.8 Å². The number of rotatable bonds is 4. The second kappa shape index (κ2) is 6.04. The highest BCUT2D eigenvalue weighted by Crippen LogP contribution is 2.17. The highest BCUT2D eigenvalue weighted by atomic mass is 32.2. The van der Waals surface area contributed by atoms with E-state index in [1.165, 1.54) is 5.75 Å². The maximum Gasteiger partial charge on any atom is 0.228 e. The summed E-state index contributed by atoms with van der Waals surface area (Å²) in [7, 11) is 0. The first-order valence-corrected chi connectivity index (χ1v) is 7.76. The van der Waals surface area contributed by atoms with E-state index in [-0.39, 0.29) is 0 Å². The van der Waals surface area contributed by atoms with E-state index in [9.17, 15) is 0 Å². The van der Waals surface area contributed by atoms with Crippen LogP contribution in [-0.4, -0.2) is 47.4 Å². The molecule has 0 aliphatic carbocycles. The van der Waals surface area contributed by atoms with E-state index in [1.807, 2.05) is 11.8 Å². The van der Waals surface area contributed by atoms with Gasteiger partial charge in [0.1, 0.15) is 0 Å². The summed E-state index contributed by atoms with van der Waals surface area (Å²) in [6.07, 6.45) is 2.85. The lowest BCUT2D eigenvalue weighted by Crippen LogP contribution is -2.38. The Labute approximate surface area is 111 Å². The molecule has 2 aliphatic rings. The van der Waals surface area contributed by atoms with Gasteiger partial charge in [-0.05, 0) is 12.3 Å². The average Bonchev–Trinajstić information content (AvgIpc) is 3.03. The van der Waals surface area contributed by atoms with Crippen LogP contribution in [0.4, 0.5) is 0 Å². The van der Waals surface area contributed by atoms with Crippen molar-refractivity contribution in [1.29, 1.82) is 0 Å². The smallest absolute Gasteiger partial charge is 0.228 e. The van der Waals surface area contributed by atoms with Crippen molar-refractivity contribution in [1.82, 2.24) is 15.5 Å². The van der Waals surface area contributed by atoms with Gasteiger partial charge in [0, 0.05) is 50.1 Å². The van der Waals surface area contributed by atoms with Crippen molar-refractivity contribution in [3.8, 4) is 0 Å². The maximum absolute atomic E-state index is 5.36. The molecule has 0 amide bonds. The monoisotopic (exact) mass is 269 g/mol. The van der Waals surface area contributed by atoms with Crippen LogP contribution in [0.25, 0.3) is 0 Å². The van der Waals surface area contributed by atoms with Gasteiger partial charge in [-0.25, -0.2) is 0 Å². The third-order valence-corrected chi connectivity index (χ3v) is 4.56. The van der Waals surface area contributed by atoms with Gasteiger partial charge in [0.15, 0.2) is 5.82 Å². The first-order chi connectivity index (χ1) is 8.90. The molecule has 2 atom stereocenters. The van der Waals surface area contributed by atoms with Crippen LogP contribution >= 0.6 is 11.8 Å². The normalized spacial score (nSPS) is 28.7. The number of hydrogen-bond donors (Lipinski definition) is 1. The maximum atomic E-state index is 5.36. The van der Waals surface area contributed by atoms with Crippen molar-refractivity contribution in [2.75, 3.05) is 31.3 Å². The molecule has 5 nitrogen and oxygen atoms in total. The molecular weight excluding hydrogens is 250 g/mol. The van der Waals surface area contributed by atoms with E-state index in [1.54, 1.807) is 0 Å². The summed E-state index contributed by atoms with van der Waals surface area (Å²) in [5.74, 6) is 4.51. The summed E-state index contributed by atoms with van der Waals surface area (Å²) < 4.78 is 10.7. The predicted molar refractivity (Wildman–Crippen MR) is 69.7 cm³/mol. The summed E-state index contributed by atoms with van der Waals surface area (Å²) in [4.78, 5) is 4.49. The topological polar surface area (TPSA) is 60.2 Å². The van der Waals surface area contributed by atoms with Crippen molar-refractivity contribution in [2.45, 2.75) is 25.3 Å². The molecule has 3 heterocycles. The molecule has 100 valence electrons. The zero-order valence-electron chi connectivity index (χ0n) is 10.4. The lowest BCUT2D eigenvalue weighted by Gasteiger charge is -2.21. The summed E-state index contributed by atoms with van der Waals surface area (Å²) in [5.41, 5.74) is 0. The van der Waals surface area contributed by atoms with Gasteiger partial charge in [0.05, 0.1) is 0 Å². The number of nitrogens with zero attached hydrogens (tertiary/aromatic N) is 2. The van der Waals surface area contributed by atoms with Crippen LogP contribution in [0.15, 0.2) is 4.52 Å². The van der Waals surface area contributed by atoms with Crippen LogP contribution in [0.3, 0.4) is 0 Å². The Hall–Kier alpha value is -0.590. The minimum atomic E-state index is 0.479. The summed E-state index contributed by atoms with van der Waals surface area (Å²) >= 11 is 1.99. The van der Waals surface area contributed by atoms with Crippen molar-refractivity contribution in [3.05, 3.63) is 11.7 Å². The van der Waals surface area contributed by atoms with Crippen LogP contribution < -0.4 is 5.32 Å². The van der Waals surface area contributed by atoms with Gasteiger partial charge in [-0.3, -0.25) is 0 Å². The van der Waals surface area contributed by atoms with Crippen LogP contribution in [0.1, 0.15) is 18.1 Å². The van der Waals surface area contributed by atoms with Crippen molar-refractivity contribution < 1.29 is 9.26 Å². The Balaban J connectivity index is 1.52. The van der Waals surface area contributed by atoms with Gasteiger partial charge < -0.3 is 14.6 Å². The third-order valence-electron chi connectivity index (χ3n) is 3.42. The molecule has 18 heavy (non-hydrogen) atoms. The highest BCUT2D eigenvalue weighted by Gasteiger charge is 2.21. The highest BCUT2D eigenvalue weighted by molar-refractivity contribution is 7.99. The Bertz CT molecular complexity index is 373. The quantitative estimate of drug-likeness (QED) is 0.876. The summed E-state index contributed by atoms with van der Waals surface area (Å²) in [6.45, 7) is 2.79. The van der Waals surface area contributed by atoms with Crippen LogP contribution in [-0.2, 0) is 17.6 Å². The van der Waals surface area contributed by atoms with E-state index in [0.29, 0.717) is 12.0 Å². The molecule has 2 aliphatic heterocycles. The Morgan fingerprint density at radius 1 is 1.39 bits per heavy atom. The number of thioether (sulfide) groups is 1. The standard InChI is InChI=1S/C12H19N3O2S/c1-3-16-7-9(1)5-11-14-12(17-15-11)6-10-8-18-4-2-13-10/h9-10,13H,1-8H2. The van der Waals surface area contributed by atoms with Gasteiger partial charge >= 0.3 is 0 Å². The van der Waals surface area contributed by atoms with E-state index in [2.05, 4.69) is 15.5 Å². The molecule has 1 N–H and O–H groups in total. The summed E-state index contributed by atoms with van der Waals surface area (Å²) in [6, 6.07) is 0.479. The molecule has 0 bridgehead atoms. The fourth-order valence-electron chi connectivity index (χ4n) is 2.42. The molecule has 3 rings (SSSR count). The zero-order chi connectivity index (χ0) is 12.2. The molecule has 2 saturated heterocycles. The largest absolute Gasteiger partial charge is 0.381 e. The SMILES string of the molecule is C1CSCC(Cc2nc(CC3CCOC3)no2)N1. The second-order valence-corrected chi connectivity index (χ2v) is 6.12. The fraction of sp³-hybridized carbons (Fsp3) is 0.833. The molecule has 0 aromatic carbocycles. The first kappa shape index (κ1) is 12.4. The molecule has 0 spiro atoms. The van der Waals surface area contributed by atoms with E-state index < -0.39 is 0 Å². The zero-order valence-corrected chi connectivity index (χ0v) is 11.2. The molecule has 0 radical (unpaired) electrons. The fourth-order valence-corrected chi connectivity index (χ4v) is 3.37. The lowest BCUT2D eigenvalue weighted by molar-refractivity contribution is 0.185. The van der Waals surface area contributed by atoms with Gasteiger partial charge in [-0.15, -0.1) is 0 Å². The van der Waals surface area contributed by atoms with E-state index >= 15 is 0 Å². The van der Waals surface area contributed by atoms with Crippen LogP contribution in [0.2, 0.25) is 0 Å². The van der Waals surface area contributed by atoms with Gasteiger partial charge in [0.25, 0.3) is 0 Å². The molecule has 1 aromatic heterocycles. The first-order valence-electron chi connectivity index (χ1n) is 6.60. The van der Waals surface area contributed by atoms with Crippen molar-refractivity contribution in [3.63, 3.8) is 0 Å². The average molecular weight is 269 g/mol. The molecule has 2 unspecified atom stereocenters. The molecule has 6 heteroatoms. The van der Waals surface area contributed by atoms with Gasteiger partial charge in [-0.1, -0.05) is 5.16 Å². The van der Waals surface area contributed by atoms with Crippen LogP contribution in [0, 0.1) is 5.92 Å². The van der Waals surface area contributed by atoms with E-state index in [4.69, 9.17) is 9.26 Å². The predicted octanol–water partition coefficient (Wildman–Crippen LogP) is 0.896. The minimum Gasteiger partial charge on any atom is -0.381 e. The second-order valence-electron chi connectivity index (χ2n) is 4.97. The van der Waals surface area contributed by atoms with Crippen LogP contribution in [0.5, 0.6) is 0 Å². The number of nitrogens with one attached hydrogen (secondary N) is 1. The summed E-state index contributed by atoms with van der Waals surface area (Å²) in [5, 5.41) is 7.55. The minimum absolute atomic E-state index is 0.479. The van der Waals surface area contributed by atoms with Crippen molar-refractivity contribution in [2.24, 2.45) is 5.92 Å². The van der Waals surface area contributed by atoms with Gasteiger partial charge in [0.2, 0.25) is 5.89 Å². The number of ether oxygens (including phenoxy) is 1. The molecule has 0 saturated carbocycles. The molecule has 1 aromatic rings. The Kier molecular flexibility index (Phi) is 4.17. The lowest BCUT2D eigenvalue weighted by atomic mass is 10.1.